The molecule has 0 aliphatic carbocycles. The average Bonchev–Trinajstić information content (AvgIpc) is 3.17. The molecule has 1 aromatic heterocycles. The first-order valence-electron chi connectivity index (χ1n) is 8.35. The molecule has 134 valence electrons. The minimum atomic E-state index is -0.750. The number of hydrogen-bond acceptors (Lipinski definition) is 5. The molecule has 0 bridgehead atoms. The Balaban J connectivity index is 1.65. The van der Waals surface area contributed by atoms with E-state index in [1.807, 2.05) is 50.4 Å². The summed E-state index contributed by atoms with van der Waals surface area (Å²) >= 11 is 0. The van der Waals surface area contributed by atoms with Crippen LogP contribution in [0.4, 0.5) is 4.79 Å². The number of aromatic nitrogens is 3. The number of benzene rings is 1. The van der Waals surface area contributed by atoms with Crippen molar-refractivity contribution in [2.24, 2.45) is 0 Å². The van der Waals surface area contributed by atoms with Gasteiger partial charge in [-0.1, -0.05) is 35.5 Å². The Labute approximate surface area is 146 Å². The van der Waals surface area contributed by atoms with Crippen molar-refractivity contribution < 1.29 is 14.6 Å². The Morgan fingerprint density at radius 1 is 1.40 bits per heavy atom. The third-order valence-electron chi connectivity index (χ3n) is 3.99. The lowest BCUT2D eigenvalue weighted by atomic mass is 10.1. The van der Waals surface area contributed by atoms with Crippen LogP contribution in [-0.4, -0.2) is 57.0 Å². The minimum Gasteiger partial charge on any atom is -0.388 e. The van der Waals surface area contributed by atoms with Crippen molar-refractivity contribution in [2.75, 3.05) is 6.61 Å². The third kappa shape index (κ3) is 4.34. The molecule has 3 N–H and O–H groups in total. The van der Waals surface area contributed by atoms with Gasteiger partial charge in [0.2, 0.25) is 0 Å². The summed E-state index contributed by atoms with van der Waals surface area (Å²) in [5, 5.41) is 23.9. The highest BCUT2D eigenvalue weighted by molar-refractivity contribution is 5.74. The topological polar surface area (TPSA) is 101 Å². The lowest BCUT2D eigenvalue weighted by molar-refractivity contribution is 0.0746. The number of aliphatic hydroxyl groups excluding tert-OH is 1. The summed E-state index contributed by atoms with van der Waals surface area (Å²) in [6, 6.07) is 8.95. The summed E-state index contributed by atoms with van der Waals surface area (Å²) < 4.78 is 7.29. The predicted octanol–water partition coefficient (Wildman–Crippen LogP) is 0.781. The van der Waals surface area contributed by atoms with Crippen LogP contribution in [0.25, 0.3) is 11.3 Å². The van der Waals surface area contributed by atoms with E-state index in [0.29, 0.717) is 6.54 Å². The average molecular weight is 345 g/mol. The van der Waals surface area contributed by atoms with Crippen molar-refractivity contribution in [3.8, 4) is 11.3 Å². The van der Waals surface area contributed by atoms with Crippen LogP contribution in [0, 0.1) is 0 Å². The molecule has 0 unspecified atom stereocenters. The zero-order valence-electron chi connectivity index (χ0n) is 14.3. The minimum absolute atomic E-state index is 0.0154. The number of carbonyl (C=O) groups is 1. The quantitative estimate of drug-likeness (QED) is 0.743. The maximum absolute atomic E-state index is 11.9. The summed E-state index contributed by atoms with van der Waals surface area (Å²) in [5.41, 5.74) is 1.74. The van der Waals surface area contributed by atoms with E-state index >= 15 is 0 Å². The van der Waals surface area contributed by atoms with Gasteiger partial charge < -0.3 is 20.5 Å². The van der Waals surface area contributed by atoms with E-state index in [0.717, 1.165) is 11.3 Å². The molecule has 1 aliphatic rings. The van der Waals surface area contributed by atoms with Crippen LogP contribution in [0.2, 0.25) is 0 Å². The molecule has 0 radical (unpaired) electrons. The molecule has 0 saturated carbocycles. The number of aliphatic hydroxyl groups is 1. The summed E-state index contributed by atoms with van der Waals surface area (Å²) in [4.78, 5) is 11.9. The molecule has 1 saturated heterocycles. The zero-order valence-corrected chi connectivity index (χ0v) is 14.3. The molecular formula is C17H23N5O3. The van der Waals surface area contributed by atoms with Gasteiger partial charge in [-0.15, -0.1) is 5.10 Å². The Morgan fingerprint density at radius 2 is 2.16 bits per heavy atom. The largest absolute Gasteiger partial charge is 0.388 e. The van der Waals surface area contributed by atoms with Crippen LogP contribution in [0.5, 0.6) is 0 Å². The third-order valence-corrected chi connectivity index (χ3v) is 3.99. The number of urea groups is 1. The standard InChI is InChI=1S/C17H23N5O3/c1-11(2)18-17(24)19-16-14(23)10-25-15(16)9-22-8-13(20-21-22)12-6-4-3-5-7-12/h3-8,11,14-16,23H,9-10H2,1-2H3,(H2,18,19,24)/t14-,15+,16+/m0/s1. The molecule has 8 heteroatoms. The van der Waals surface area contributed by atoms with Gasteiger partial charge >= 0.3 is 6.03 Å². The van der Waals surface area contributed by atoms with E-state index in [1.165, 1.54) is 0 Å². The van der Waals surface area contributed by atoms with E-state index < -0.39 is 12.1 Å². The number of amides is 2. The number of nitrogens with zero attached hydrogens (tertiary/aromatic N) is 3. The maximum Gasteiger partial charge on any atom is 0.315 e. The number of hydrogen-bond donors (Lipinski definition) is 3. The lowest BCUT2D eigenvalue weighted by Gasteiger charge is -2.22. The molecule has 2 amide bonds. The zero-order chi connectivity index (χ0) is 17.8. The van der Waals surface area contributed by atoms with Gasteiger partial charge in [0.1, 0.15) is 17.9 Å². The molecule has 25 heavy (non-hydrogen) atoms. The molecule has 2 aromatic rings. The van der Waals surface area contributed by atoms with Crippen molar-refractivity contribution in [1.29, 1.82) is 0 Å². The summed E-state index contributed by atoms with van der Waals surface area (Å²) in [5.74, 6) is 0. The van der Waals surface area contributed by atoms with Crippen molar-refractivity contribution in [1.82, 2.24) is 25.6 Å². The molecule has 3 atom stereocenters. The van der Waals surface area contributed by atoms with Gasteiger partial charge in [-0.05, 0) is 13.8 Å². The smallest absolute Gasteiger partial charge is 0.315 e. The van der Waals surface area contributed by atoms with Gasteiger partial charge in [0, 0.05) is 11.6 Å². The van der Waals surface area contributed by atoms with E-state index in [1.54, 1.807) is 4.68 Å². The Morgan fingerprint density at radius 3 is 2.88 bits per heavy atom. The molecular weight excluding hydrogens is 322 g/mol. The van der Waals surface area contributed by atoms with Gasteiger partial charge in [0.25, 0.3) is 0 Å². The van der Waals surface area contributed by atoms with Crippen LogP contribution >= 0.6 is 0 Å². The van der Waals surface area contributed by atoms with Gasteiger partial charge in [-0.25, -0.2) is 9.48 Å². The van der Waals surface area contributed by atoms with Gasteiger partial charge in [-0.2, -0.15) is 0 Å². The SMILES string of the molecule is CC(C)NC(=O)N[C@@H]1[C@@H](O)CO[C@@H]1Cn1cc(-c2ccccc2)nn1. The van der Waals surface area contributed by atoms with E-state index in [4.69, 9.17) is 4.74 Å². The Kier molecular flexibility index (Phi) is 5.30. The van der Waals surface area contributed by atoms with Gasteiger partial charge in [-0.3, -0.25) is 0 Å². The first kappa shape index (κ1) is 17.4. The fourth-order valence-electron chi connectivity index (χ4n) is 2.80. The van der Waals surface area contributed by atoms with Crippen LogP contribution in [0.3, 0.4) is 0 Å². The van der Waals surface area contributed by atoms with Gasteiger partial charge in [0.15, 0.2) is 0 Å². The lowest BCUT2D eigenvalue weighted by Crippen LogP contribution is -2.52. The van der Waals surface area contributed by atoms with Crippen molar-refractivity contribution in [2.45, 2.75) is 44.7 Å². The molecule has 0 spiro atoms. The highest BCUT2D eigenvalue weighted by Gasteiger charge is 2.37. The molecule has 3 rings (SSSR count). The first-order valence-corrected chi connectivity index (χ1v) is 8.35. The second-order valence-corrected chi connectivity index (χ2v) is 6.43. The van der Waals surface area contributed by atoms with Crippen LogP contribution in [-0.2, 0) is 11.3 Å². The van der Waals surface area contributed by atoms with Crippen LogP contribution in [0.15, 0.2) is 36.5 Å². The number of nitrogens with one attached hydrogen (secondary N) is 2. The van der Waals surface area contributed by atoms with E-state index in [2.05, 4.69) is 20.9 Å². The molecule has 1 aromatic carbocycles. The fourth-order valence-corrected chi connectivity index (χ4v) is 2.80. The second kappa shape index (κ2) is 7.62. The van der Waals surface area contributed by atoms with Crippen molar-refractivity contribution in [3.05, 3.63) is 36.5 Å². The Hall–Kier alpha value is -2.45. The molecule has 1 fully saturated rings. The first-order chi connectivity index (χ1) is 12.0. The number of rotatable bonds is 5. The molecule has 1 aliphatic heterocycles. The summed E-state index contributed by atoms with van der Waals surface area (Å²) in [6.07, 6.45) is 0.701. The van der Waals surface area contributed by atoms with Gasteiger partial charge in [0.05, 0.1) is 25.4 Å². The second-order valence-electron chi connectivity index (χ2n) is 6.43. The molecule has 8 nitrogen and oxygen atoms in total. The number of carbonyl (C=O) groups excluding carboxylic acids is 1. The number of ether oxygens (including phenoxy) is 1. The Bertz CT molecular complexity index is 703. The van der Waals surface area contributed by atoms with E-state index in [9.17, 15) is 9.90 Å². The fraction of sp³-hybridized carbons (Fsp3) is 0.471. The highest BCUT2D eigenvalue weighted by Crippen LogP contribution is 2.19. The van der Waals surface area contributed by atoms with Crippen molar-refractivity contribution >= 4 is 6.03 Å². The van der Waals surface area contributed by atoms with E-state index in [-0.39, 0.29) is 24.8 Å². The van der Waals surface area contributed by atoms with Crippen molar-refractivity contribution in [3.63, 3.8) is 0 Å². The monoisotopic (exact) mass is 345 g/mol. The highest BCUT2D eigenvalue weighted by atomic mass is 16.5. The summed E-state index contributed by atoms with van der Waals surface area (Å²) in [6.45, 7) is 4.32. The maximum atomic E-state index is 11.9. The predicted molar refractivity (Wildman–Crippen MR) is 91.8 cm³/mol. The van der Waals surface area contributed by atoms with Crippen LogP contribution in [0.1, 0.15) is 13.8 Å². The molecule has 2 heterocycles. The normalized spacial score (nSPS) is 23.0. The summed E-state index contributed by atoms with van der Waals surface area (Å²) in [7, 11) is 0. The van der Waals surface area contributed by atoms with Crippen LogP contribution < -0.4 is 10.6 Å².